The molecule has 11 heteroatoms. The SMILES string of the molecule is NC(CNc1ncc(-c2ccc3cnc(F)cc3c2)s1)Cn1ccc(C(F)(F)F)n1. The fraction of sp³-hybridized carbons (Fsp3) is 0.211. The Morgan fingerprint density at radius 2 is 1.93 bits per heavy atom. The van der Waals surface area contributed by atoms with Gasteiger partial charge in [-0.25, -0.2) is 9.97 Å². The van der Waals surface area contributed by atoms with Gasteiger partial charge in [0.25, 0.3) is 0 Å². The molecule has 0 saturated heterocycles. The average molecular weight is 436 g/mol. The van der Waals surface area contributed by atoms with Gasteiger partial charge < -0.3 is 11.1 Å². The molecule has 6 nitrogen and oxygen atoms in total. The molecule has 0 aliphatic rings. The van der Waals surface area contributed by atoms with Gasteiger partial charge in [0.15, 0.2) is 10.8 Å². The van der Waals surface area contributed by atoms with Crippen molar-refractivity contribution in [3.63, 3.8) is 0 Å². The molecule has 1 unspecified atom stereocenters. The predicted molar refractivity (Wildman–Crippen MR) is 107 cm³/mol. The van der Waals surface area contributed by atoms with Crippen LogP contribution in [0.2, 0.25) is 0 Å². The lowest BCUT2D eigenvalue weighted by atomic mass is 10.1. The van der Waals surface area contributed by atoms with Crippen molar-refractivity contribution >= 4 is 27.2 Å². The lowest BCUT2D eigenvalue weighted by Gasteiger charge is -2.12. The Morgan fingerprint density at radius 3 is 2.70 bits per heavy atom. The number of aromatic nitrogens is 4. The number of hydrogen-bond donors (Lipinski definition) is 2. The third kappa shape index (κ3) is 4.57. The van der Waals surface area contributed by atoms with E-state index in [1.54, 1.807) is 6.20 Å². The van der Waals surface area contributed by atoms with Crippen LogP contribution in [0.4, 0.5) is 22.7 Å². The van der Waals surface area contributed by atoms with E-state index in [9.17, 15) is 17.6 Å². The molecule has 0 aliphatic heterocycles. The number of fused-ring (bicyclic) bond motifs is 1. The number of pyridine rings is 1. The number of halogens is 4. The summed E-state index contributed by atoms with van der Waals surface area (Å²) in [5, 5.41) is 8.77. The van der Waals surface area contributed by atoms with Crippen molar-refractivity contribution in [1.82, 2.24) is 19.7 Å². The summed E-state index contributed by atoms with van der Waals surface area (Å²) in [6.45, 7) is 0.439. The normalized spacial score (nSPS) is 13.0. The molecule has 1 atom stereocenters. The average Bonchev–Trinajstić information content (AvgIpc) is 3.35. The zero-order chi connectivity index (χ0) is 21.3. The Labute approximate surface area is 172 Å². The number of nitrogens with two attached hydrogens (primary N) is 1. The van der Waals surface area contributed by atoms with E-state index < -0.39 is 23.9 Å². The van der Waals surface area contributed by atoms with E-state index in [0.717, 1.165) is 27.3 Å². The first kappa shape index (κ1) is 20.2. The summed E-state index contributed by atoms with van der Waals surface area (Å²) >= 11 is 1.40. The minimum atomic E-state index is -4.48. The molecular weight excluding hydrogens is 420 g/mol. The van der Waals surface area contributed by atoms with Crippen molar-refractivity contribution in [3.8, 4) is 10.4 Å². The number of rotatable bonds is 6. The fourth-order valence-electron chi connectivity index (χ4n) is 2.89. The standard InChI is InChI=1S/C19H16F4N6S/c20-17-6-13-5-11(1-2-12(13)7-25-17)15-9-27-18(30-15)26-8-14(24)10-29-4-3-16(28-29)19(21,22)23/h1-7,9,14H,8,10,24H2,(H,26,27). The van der Waals surface area contributed by atoms with Crippen LogP contribution >= 0.6 is 11.3 Å². The zero-order valence-corrected chi connectivity index (χ0v) is 16.2. The van der Waals surface area contributed by atoms with E-state index in [-0.39, 0.29) is 6.54 Å². The van der Waals surface area contributed by atoms with Gasteiger partial charge in [-0.3, -0.25) is 4.68 Å². The van der Waals surface area contributed by atoms with Gasteiger partial charge in [-0.1, -0.05) is 23.5 Å². The van der Waals surface area contributed by atoms with Crippen LogP contribution in [0, 0.1) is 5.95 Å². The summed E-state index contributed by atoms with van der Waals surface area (Å²) in [4.78, 5) is 8.82. The Bertz CT molecular complexity index is 1170. The van der Waals surface area contributed by atoms with Crippen LogP contribution < -0.4 is 11.1 Å². The maximum absolute atomic E-state index is 13.4. The molecule has 4 aromatic rings. The third-order valence-corrected chi connectivity index (χ3v) is 5.35. The van der Waals surface area contributed by atoms with Crippen molar-refractivity contribution in [3.05, 3.63) is 60.6 Å². The molecule has 30 heavy (non-hydrogen) atoms. The molecule has 3 heterocycles. The first-order valence-corrected chi connectivity index (χ1v) is 9.71. The first-order valence-electron chi connectivity index (χ1n) is 8.89. The van der Waals surface area contributed by atoms with Gasteiger partial charge in [0, 0.05) is 42.6 Å². The number of anilines is 1. The Kier molecular flexibility index (Phi) is 5.39. The largest absolute Gasteiger partial charge is 0.435 e. The quantitative estimate of drug-likeness (QED) is 0.351. The minimum Gasteiger partial charge on any atom is -0.360 e. The van der Waals surface area contributed by atoms with Gasteiger partial charge in [-0.15, -0.1) is 0 Å². The van der Waals surface area contributed by atoms with Crippen molar-refractivity contribution in [1.29, 1.82) is 0 Å². The Morgan fingerprint density at radius 1 is 1.10 bits per heavy atom. The van der Waals surface area contributed by atoms with E-state index >= 15 is 0 Å². The number of nitrogens with zero attached hydrogens (tertiary/aromatic N) is 4. The molecule has 156 valence electrons. The summed E-state index contributed by atoms with van der Waals surface area (Å²) in [7, 11) is 0. The third-order valence-electron chi connectivity index (χ3n) is 4.35. The van der Waals surface area contributed by atoms with Crippen LogP contribution in [0.25, 0.3) is 21.2 Å². The van der Waals surface area contributed by atoms with Crippen LogP contribution in [0.15, 0.2) is 48.9 Å². The predicted octanol–water partition coefficient (Wildman–Crippen LogP) is 4.15. The second-order valence-electron chi connectivity index (χ2n) is 6.66. The lowest BCUT2D eigenvalue weighted by Crippen LogP contribution is -2.33. The van der Waals surface area contributed by atoms with E-state index in [4.69, 9.17) is 5.73 Å². The Hall–Kier alpha value is -3.05. The van der Waals surface area contributed by atoms with Crippen LogP contribution in [0.3, 0.4) is 0 Å². The lowest BCUT2D eigenvalue weighted by molar-refractivity contribution is -0.141. The summed E-state index contributed by atoms with van der Waals surface area (Å²) < 4.78 is 52.4. The van der Waals surface area contributed by atoms with Gasteiger partial charge >= 0.3 is 6.18 Å². The summed E-state index contributed by atoms with van der Waals surface area (Å²) in [6, 6.07) is 7.45. The molecule has 3 N–H and O–H groups in total. The number of hydrogen-bond acceptors (Lipinski definition) is 6. The second kappa shape index (κ2) is 8.00. The zero-order valence-electron chi connectivity index (χ0n) is 15.4. The van der Waals surface area contributed by atoms with Crippen LogP contribution in [-0.4, -0.2) is 32.3 Å². The number of benzene rings is 1. The highest BCUT2D eigenvalue weighted by Gasteiger charge is 2.33. The highest BCUT2D eigenvalue weighted by Crippen LogP contribution is 2.31. The van der Waals surface area contributed by atoms with Crippen molar-refractivity contribution in [2.24, 2.45) is 5.73 Å². The van der Waals surface area contributed by atoms with Crippen LogP contribution in [0.5, 0.6) is 0 Å². The smallest absolute Gasteiger partial charge is 0.360 e. The van der Waals surface area contributed by atoms with Gasteiger partial charge in [-0.2, -0.15) is 22.7 Å². The summed E-state index contributed by atoms with van der Waals surface area (Å²) in [5.74, 6) is -0.542. The molecule has 0 aliphatic carbocycles. The van der Waals surface area contributed by atoms with Gasteiger partial charge in [0.1, 0.15) is 0 Å². The molecule has 4 rings (SSSR count). The van der Waals surface area contributed by atoms with Crippen molar-refractivity contribution in [2.45, 2.75) is 18.8 Å². The second-order valence-corrected chi connectivity index (χ2v) is 7.69. The molecule has 3 aromatic heterocycles. The van der Waals surface area contributed by atoms with E-state index in [1.165, 1.54) is 34.5 Å². The van der Waals surface area contributed by atoms with Crippen molar-refractivity contribution < 1.29 is 17.6 Å². The first-order chi connectivity index (χ1) is 14.3. The number of thiazole rings is 1. The van der Waals surface area contributed by atoms with Crippen molar-refractivity contribution in [2.75, 3.05) is 11.9 Å². The molecule has 0 radical (unpaired) electrons. The molecular formula is C19H16F4N6S. The molecule has 1 aromatic carbocycles. The summed E-state index contributed by atoms with van der Waals surface area (Å²) in [6.07, 6.45) is -0.0503. The maximum atomic E-state index is 13.4. The van der Waals surface area contributed by atoms with Crippen LogP contribution in [0.1, 0.15) is 5.69 Å². The fourth-order valence-corrected chi connectivity index (χ4v) is 3.71. The highest BCUT2D eigenvalue weighted by molar-refractivity contribution is 7.18. The molecule has 0 spiro atoms. The van der Waals surface area contributed by atoms with E-state index in [2.05, 4.69) is 20.4 Å². The maximum Gasteiger partial charge on any atom is 0.435 e. The molecule has 0 bridgehead atoms. The highest BCUT2D eigenvalue weighted by atomic mass is 32.1. The van der Waals surface area contributed by atoms with E-state index in [1.807, 2.05) is 18.2 Å². The minimum absolute atomic E-state index is 0.131. The number of nitrogens with one attached hydrogen (secondary N) is 1. The number of alkyl halides is 3. The molecule has 0 amide bonds. The van der Waals surface area contributed by atoms with Gasteiger partial charge in [0.05, 0.1) is 11.4 Å². The monoisotopic (exact) mass is 436 g/mol. The van der Waals surface area contributed by atoms with Gasteiger partial charge in [0.2, 0.25) is 5.95 Å². The Balaban J connectivity index is 1.38. The summed E-state index contributed by atoms with van der Waals surface area (Å²) in [5.41, 5.74) is 5.94. The molecule has 0 saturated carbocycles. The molecule has 0 fully saturated rings. The van der Waals surface area contributed by atoms with Crippen LogP contribution in [-0.2, 0) is 12.7 Å². The van der Waals surface area contributed by atoms with Gasteiger partial charge in [-0.05, 0) is 23.1 Å². The topological polar surface area (TPSA) is 81.6 Å². The van der Waals surface area contributed by atoms with E-state index in [0.29, 0.717) is 11.7 Å².